The van der Waals surface area contributed by atoms with E-state index in [2.05, 4.69) is 44.1 Å². The number of aryl methyl sites for hydroxylation is 2. The van der Waals surface area contributed by atoms with Gasteiger partial charge in [-0.2, -0.15) is 0 Å². The minimum atomic E-state index is 0.169. The van der Waals surface area contributed by atoms with E-state index in [4.69, 9.17) is 5.84 Å². The van der Waals surface area contributed by atoms with Crippen molar-refractivity contribution in [2.24, 2.45) is 5.84 Å². The number of hydrogen-bond acceptors (Lipinski definition) is 2. The Balaban J connectivity index is 3.00. The summed E-state index contributed by atoms with van der Waals surface area (Å²) in [6.45, 7) is 10.2. The molecule has 0 heterocycles. The second kappa shape index (κ2) is 5.10. The molecule has 0 bridgehead atoms. The van der Waals surface area contributed by atoms with E-state index in [9.17, 15) is 0 Å². The predicted octanol–water partition coefficient (Wildman–Crippen LogP) is 2.77. The van der Waals surface area contributed by atoms with Gasteiger partial charge >= 0.3 is 0 Å². The fraction of sp³-hybridized carbons (Fsp3) is 0.385. The third kappa shape index (κ3) is 3.18. The van der Waals surface area contributed by atoms with Gasteiger partial charge < -0.3 is 0 Å². The molecule has 1 unspecified atom stereocenters. The van der Waals surface area contributed by atoms with Gasteiger partial charge in [0.05, 0.1) is 0 Å². The first kappa shape index (κ1) is 12.0. The summed E-state index contributed by atoms with van der Waals surface area (Å²) in [6, 6.07) is 6.60. The van der Waals surface area contributed by atoms with Gasteiger partial charge in [-0.25, -0.2) is 0 Å². The molecule has 0 saturated heterocycles. The maximum absolute atomic E-state index is 5.58. The highest BCUT2D eigenvalue weighted by atomic mass is 15.2. The number of hydrazine groups is 1. The average molecular weight is 204 g/mol. The van der Waals surface area contributed by atoms with Gasteiger partial charge in [-0.05, 0) is 38.3 Å². The van der Waals surface area contributed by atoms with Crippen LogP contribution in [0.15, 0.2) is 30.4 Å². The fourth-order valence-corrected chi connectivity index (χ4v) is 1.74. The highest BCUT2D eigenvalue weighted by Gasteiger charge is 2.12. The largest absolute Gasteiger partial charge is 0.271 e. The van der Waals surface area contributed by atoms with E-state index in [1.165, 1.54) is 16.7 Å². The summed E-state index contributed by atoms with van der Waals surface area (Å²) in [4.78, 5) is 0. The molecule has 2 nitrogen and oxygen atoms in total. The van der Waals surface area contributed by atoms with Crippen LogP contribution < -0.4 is 11.3 Å². The minimum absolute atomic E-state index is 0.169. The van der Waals surface area contributed by atoms with E-state index in [1.54, 1.807) is 0 Å². The quantitative estimate of drug-likeness (QED) is 0.449. The van der Waals surface area contributed by atoms with Gasteiger partial charge in [-0.1, -0.05) is 29.3 Å². The lowest BCUT2D eigenvalue weighted by molar-refractivity contribution is 0.547. The standard InChI is InChI=1S/C13H20N2/c1-9(2)7-13(15-14)12-8-10(3)5-6-11(12)4/h5-6,8,13,15H,1,7,14H2,2-4H3. The van der Waals surface area contributed by atoms with Crippen molar-refractivity contribution >= 4 is 0 Å². The summed E-state index contributed by atoms with van der Waals surface area (Å²) in [5.41, 5.74) is 7.79. The van der Waals surface area contributed by atoms with Crippen molar-refractivity contribution in [1.29, 1.82) is 0 Å². The van der Waals surface area contributed by atoms with E-state index in [0.29, 0.717) is 0 Å². The second-order valence-electron chi connectivity index (χ2n) is 4.24. The molecule has 0 saturated carbocycles. The summed E-state index contributed by atoms with van der Waals surface area (Å²) in [5.74, 6) is 5.58. The van der Waals surface area contributed by atoms with E-state index in [-0.39, 0.29) is 6.04 Å². The molecule has 15 heavy (non-hydrogen) atoms. The van der Waals surface area contributed by atoms with Gasteiger partial charge in [0, 0.05) is 6.04 Å². The third-order valence-electron chi connectivity index (χ3n) is 2.56. The number of nitrogens with two attached hydrogens (primary N) is 1. The van der Waals surface area contributed by atoms with E-state index in [0.717, 1.165) is 12.0 Å². The molecule has 1 aromatic carbocycles. The SMILES string of the molecule is C=C(C)CC(NN)c1cc(C)ccc1C. The van der Waals surface area contributed by atoms with Crippen LogP contribution in [-0.4, -0.2) is 0 Å². The fourth-order valence-electron chi connectivity index (χ4n) is 1.74. The van der Waals surface area contributed by atoms with Gasteiger partial charge in [0.25, 0.3) is 0 Å². The topological polar surface area (TPSA) is 38.0 Å². The number of hydrogen-bond donors (Lipinski definition) is 2. The Bertz CT molecular complexity index is 356. The lowest BCUT2D eigenvalue weighted by atomic mass is 9.95. The normalized spacial score (nSPS) is 12.5. The van der Waals surface area contributed by atoms with Crippen molar-refractivity contribution in [1.82, 2.24) is 5.43 Å². The van der Waals surface area contributed by atoms with Crippen LogP contribution >= 0.6 is 0 Å². The Morgan fingerprint density at radius 3 is 2.67 bits per heavy atom. The molecule has 2 heteroatoms. The number of nitrogens with one attached hydrogen (secondary N) is 1. The first-order valence-electron chi connectivity index (χ1n) is 5.22. The Labute approximate surface area is 92.2 Å². The number of rotatable bonds is 4. The molecule has 0 aromatic heterocycles. The van der Waals surface area contributed by atoms with Crippen molar-refractivity contribution < 1.29 is 0 Å². The zero-order valence-electron chi connectivity index (χ0n) is 9.80. The van der Waals surface area contributed by atoms with Gasteiger partial charge in [-0.15, -0.1) is 6.58 Å². The zero-order valence-corrected chi connectivity index (χ0v) is 9.80. The maximum atomic E-state index is 5.58. The monoisotopic (exact) mass is 204 g/mol. The maximum Gasteiger partial charge on any atom is 0.0499 e. The van der Waals surface area contributed by atoms with Crippen LogP contribution in [0.2, 0.25) is 0 Å². The molecule has 0 radical (unpaired) electrons. The molecule has 0 aliphatic heterocycles. The zero-order chi connectivity index (χ0) is 11.4. The Morgan fingerprint density at radius 1 is 1.47 bits per heavy atom. The molecular formula is C13H20N2. The summed E-state index contributed by atoms with van der Waals surface area (Å²) in [7, 11) is 0. The van der Waals surface area contributed by atoms with Crippen LogP contribution in [0.1, 0.15) is 36.1 Å². The summed E-state index contributed by atoms with van der Waals surface area (Å²) in [5, 5.41) is 0. The van der Waals surface area contributed by atoms with Crippen LogP contribution in [0.25, 0.3) is 0 Å². The first-order valence-corrected chi connectivity index (χ1v) is 5.22. The number of benzene rings is 1. The second-order valence-corrected chi connectivity index (χ2v) is 4.24. The molecule has 0 aliphatic carbocycles. The summed E-state index contributed by atoms with van der Waals surface area (Å²) < 4.78 is 0. The van der Waals surface area contributed by atoms with Crippen molar-refractivity contribution in [3.05, 3.63) is 47.0 Å². The Morgan fingerprint density at radius 2 is 2.13 bits per heavy atom. The molecule has 0 fully saturated rings. The molecule has 1 atom stereocenters. The minimum Gasteiger partial charge on any atom is -0.271 e. The summed E-state index contributed by atoms with van der Waals surface area (Å²) >= 11 is 0. The summed E-state index contributed by atoms with van der Waals surface area (Å²) in [6.07, 6.45) is 0.876. The lowest BCUT2D eigenvalue weighted by Crippen LogP contribution is -2.28. The van der Waals surface area contributed by atoms with E-state index >= 15 is 0 Å². The van der Waals surface area contributed by atoms with Crippen molar-refractivity contribution in [2.45, 2.75) is 33.2 Å². The molecule has 0 amide bonds. The molecule has 3 N–H and O–H groups in total. The molecule has 1 aromatic rings. The first-order chi connectivity index (χ1) is 7.04. The molecule has 1 rings (SSSR count). The van der Waals surface area contributed by atoms with Crippen LogP contribution in [0.5, 0.6) is 0 Å². The Hall–Kier alpha value is -1.12. The molecule has 82 valence electrons. The van der Waals surface area contributed by atoms with Gasteiger partial charge in [0.2, 0.25) is 0 Å². The predicted molar refractivity (Wildman–Crippen MR) is 65.4 cm³/mol. The van der Waals surface area contributed by atoms with Crippen LogP contribution in [0.3, 0.4) is 0 Å². The average Bonchev–Trinajstić information content (AvgIpc) is 2.18. The van der Waals surface area contributed by atoms with Gasteiger partial charge in [0.1, 0.15) is 0 Å². The third-order valence-corrected chi connectivity index (χ3v) is 2.56. The molecular weight excluding hydrogens is 184 g/mol. The van der Waals surface area contributed by atoms with Crippen molar-refractivity contribution in [3.8, 4) is 0 Å². The van der Waals surface area contributed by atoms with E-state index in [1.807, 2.05) is 6.92 Å². The highest BCUT2D eigenvalue weighted by molar-refractivity contribution is 5.33. The Kier molecular flexibility index (Phi) is 4.06. The van der Waals surface area contributed by atoms with E-state index < -0.39 is 0 Å². The van der Waals surface area contributed by atoms with Crippen LogP contribution in [-0.2, 0) is 0 Å². The van der Waals surface area contributed by atoms with Crippen molar-refractivity contribution in [2.75, 3.05) is 0 Å². The lowest BCUT2D eigenvalue weighted by Gasteiger charge is -2.19. The van der Waals surface area contributed by atoms with Crippen molar-refractivity contribution in [3.63, 3.8) is 0 Å². The molecule has 0 aliphatic rings. The molecule has 0 spiro atoms. The van der Waals surface area contributed by atoms with Crippen LogP contribution in [0, 0.1) is 13.8 Å². The van der Waals surface area contributed by atoms with Gasteiger partial charge in [0.15, 0.2) is 0 Å². The van der Waals surface area contributed by atoms with Crippen LogP contribution in [0.4, 0.5) is 0 Å². The van der Waals surface area contributed by atoms with Gasteiger partial charge in [-0.3, -0.25) is 11.3 Å². The highest BCUT2D eigenvalue weighted by Crippen LogP contribution is 2.23. The smallest absolute Gasteiger partial charge is 0.0499 e.